The molecule has 36 heavy (non-hydrogen) atoms. The number of carbonyl (C=O) groups is 1. The number of nitrogens with zero attached hydrogens (tertiary/aromatic N) is 3. The molecule has 7 heteroatoms. The summed E-state index contributed by atoms with van der Waals surface area (Å²) in [4.78, 5) is 35.3. The van der Waals surface area contributed by atoms with Crippen LogP contribution in [0.15, 0.2) is 65.5 Å². The van der Waals surface area contributed by atoms with E-state index in [1.807, 2.05) is 30.3 Å². The molecule has 1 unspecified atom stereocenters. The molecule has 0 spiro atoms. The number of nitrogens with one attached hydrogen (secondary N) is 1. The number of carbonyl (C=O) groups excluding carboxylic acids is 1. The summed E-state index contributed by atoms with van der Waals surface area (Å²) in [6.07, 6.45) is 4.81. The fraction of sp³-hybridized carbons (Fsp3) is 0.379. The number of Topliss-reactive ketones (excluding diaryl/α,β-unsaturated/α-hetero) is 1. The number of aromatic nitrogens is 4. The van der Waals surface area contributed by atoms with Gasteiger partial charge in [0.2, 0.25) is 0 Å². The lowest BCUT2D eigenvalue weighted by molar-refractivity contribution is -0.139. The third-order valence-electron chi connectivity index (χ3n) is 7.79. The van der Waals surface area contributed by atoms with Gasteiger partial charge in [0.15, 0.2) is 11.6 Å². The smallest absolute Gasteiger partial charge is 0.274 e. The Morgan fingerprint density at radius 3 is 2.47 bits per heavy atom. The molecule has 1 N–H and O–H groups in total. The zero-order valence-electron chi connectivity index (χ0n) is 21.1. The zero-order chi connectivity index (χ0) is 25.3. The van der Waals surface area contributed by atoms with Crippen LogP contribution >= 0.6 is 0 Å². The van der Waals surface area contributed by atoms with E-state index in [-0.39, 0.29) is 29.0 Å². The number of aryl methyl sites for hydroxylation is 1. The van der Waals surface area contributed by atoms with Crippen LogP contribution in [-0.4, -0.2) is 38.1 Å². The summed E-state index contributed by atoms with van der Waals surface area (Å²) in [6, 6.07) is 19.7. The molecular formula is C29H32N4O3. The minimum absolute atomic E-state index is 0.0254. The Bertz CT molecular complexity index is 1440. The van der Waals surface area contributed by atoms with Crippen LogP contribution in [0.4, 0.5) is 0 Å². The molecule has 1 aliphatic rings. The van der Waals surface area contributed by atoms with Crippen LogP contribution < -0.4 is 5.56 Å². The van der Waals surface area contributed by atoms with Gasteiger partial charge in [0.1, 0.15) is 5.60 Å². The highest BCUT2D eigenvalue weighted by Crippen LogP contribution is 2.47. The van der Waals surface area contributed by atoms with Crippen LogP contribution in [0.3, 0.4) is 0 Å². The molecule has 186 valence electrons. The third kappa shape index (κ3) is 4.51. The first kappa shape index (κ1) is 24.1. The van der Waals surface area contributed by atoms with Gasteiger partial charge in [-0.1, -0.05) is 66.6 Å². The number of ether oxygens (including phenoxy) is 1. The molecule has 0 aliphatic heterocycles. The van der Waals surface area contributed by atoms with Crippen molar-refractivity contribution in [2.45, 2.75) is 63.4 Å². The number of benzene rings is 2. The highest BCUT2D eigenvalue weighted by Gasteiger charge is 2.41. The third-order valence-corrected chi connectivity index (χ3v) is 7.79. The van der Waals surface area contributed by atoms with Gasteiger partial charge in [-0.15, -0.1) is 0 Å². The van der Waals surface area contributed by atoms with Gasteiger partial charge in [-0.25, -0.2) is 4.98 Å². The molecule has 1 aliphatic carbocycles. The summed E-state index contributed by atoms with van der Waals surface area (Å²) in [5.41, 5.74) is 2.62. The van der Waals surface area contributed by atoms with Crippen molar-refractivity contribution in [2.24, 2.45) is 0 Å². The quantitative estimate of drug-likeness (QED) is 0.368. The lowest BCUT2D eigenvalue weighted by atomic mass is 9.61. The Morgan fingerprint density at radius 1 is 1.11 bits per heavy atom. The van der Waals surface area contributed by atoms with Gasteiger partial charge in [-0.3, -0.25) is 14.7 Å². The molecule has 0 radical (unpaired) electrons. The van der Waals surface area contributed by atoms with Crippen molar-refractivity contribution < 1.29 is 9.53 Å². The molecule has 1 fully saturated rings. The number of hydrogen-bond acceptors (Lipinski definition) is 5. The summed E-state index contributed by atoms with van der Waals surface area (Å²) in [5, 5.41) is 3.01. The number of ketones is 1. The van der Waals surface area contributed by atoms with Crippen molar-refractivity contribution in [3.05, 3.63) is 87.8 Å². The predicted molar refractivity (Wildman–Crippen MR) is 139 cm³/mol. The standard InChI is InChI=1S/C29H32N4O3/c1-20-10-12-22(13-11-20)29(15-7-16-29)17-14-24(34)28(2,36-3)19-23-18-25(35)33-27(30-23)31-26(32-33)21-8-5-4-6-9-21/h4-6,8-13,18H,7,14-17,19H2,1-3H3,(H,30,31,32). The molecule has 7 nitrogen and oxygen atoms in total. The molecule has 1 atom stereocenters. The Morgan fingerprint density at radius 2 is 1.83 bits per heavy atom. The highest BCUT2D eigenvalue weighted by atomic mass is 16.5. The van der Waals surface area contributed by atoms with Gasteiger partial charge in [-0.05, 0) is 44.1 Å². The van der Waals surface area contributed by atoms with E-state index in [1.54, 1.807) is 14.0 Å². The first-order valence-corrected chi connectivity index (χ1v) is 12.5. The summed E-state index contributed by atoms with van der Waals surface area (Å²) in [7, 11) is 1.55. The molecule has 5 rings (SSSR count). The lowest BCUT2D eigenvalue weighted by Gasteiger charge is -2.43. The van der Waals surface area contributed by atoms with Gasteiger partial charge in [-0.2, -0.15) is 9.50 Å². The van der Waals surface area contributed by atoms with E-state index >= 15 is 0 Å². The molecule has 0 amide bonds. The van der Waals surface area contributed by atoms with Crippen LogP contribution in [0.2, 0.25) is 0 Å². The van der Waals surface area contributed by atoms with Crippen molar-refractivity contribution in [1.29, 1.82) is 0 Å². The van der Waals surface area contributed by atoms with Gasteiger partial charge in [0.05, 0.1) is 5.69 Å². The van der Waals surface area contributed by atoms with Gasteiger partial charge in [0.25, 0.3) is 11.3 Å². The van der Waals surface area contributed by atoms with Crippen LogP contribution in [0.25, 0.3) is 17.2 Å². The molecule has 0 saturated heterocycles. The number of fused-ring (bicyclic) bond motifs is 1. The molecule has 2 aromatic carbocycles. The second kappa shape index (κ2) is 9.47. The van der Waals surface area contributed by atoms with Crippen molar-refractivity contribution in [3.8, 4) is 11.4 Å². The first-order valence-electron chi connectivity index (χ1n) is 12.5. The molecule has 4 aromatic rings. The summed E-state index contributed by atoms with van der Waals surface area (Å²) < 4.78 is 7.06. The van der Waals surface area contributed by atoms with Crippen LogP contribution in [0.5, 0.6) is 0 Å². The topological polar surface area (TPSA) is 89.3 Å². The molecule has 2 aromatic heterocycles. The zero-order valence-corrected chi connectivity index (χ0v) is 21.1. The van der Waals surface area contributed by atoms with Crippen LogP contribution in [-0.2, 0) is 21.4 Å². The maximum Gasteiger partial charge on any atom is 0.274 e. The van der Waals surface area contributed by atoms with E-state index in [1.165, 1.54) is 28.1 Å². The van der Waals surface area contributed by atoms with Gasteiger partial charge >= 0.3 is 0 Å². The molecule has 2 heterocycles. The Labute approximate surface area is 210 Å². The summed E-state index contributed by atoms with van der Waals surface area (Å²) in [5.74, 6) is 0.859. The normalized spacial score (nSPS) is 16.4. The van der Waals surface area contributed by atoms with E-state index in [0.29, 0.717) is 17.9 Å². The summed E-state index contributed by atoms with van der Waals surface area (Å²) in [6.45, 7) is 3.88. The maximum atomic E-state index is 13.5. The average Bonchev–Trinajstić information content (AvgIpc) is 3.29. The molecule has 0 bridgehead atoms. The van der Waals surface area contributed by atoms with E-state index in [4.69, 9.17) is 4.74 Å². The van der Waals surface area contributed by atoms with Crippen molar-refractivity contribution in [1.82, 2.24) is 19.6 Å². The van der Waals surface area contributed by atoms with Crippen molar-refractivity contribution in [3.63, 3.8) is 0 Å². The van der Waals surface area contributed by atoms with Crippen LogP contribution in [0.1, 0.15) is 55.8 Å². The van der Waals surface area contributed by atoms with Crippen molar-refractivity contribution >= 4 is 11.6 Å². The average molecular weight is 485 g/mol. The Balaban J connectivity index is 1.34. The van der Waals surface area contributed by atoms with Crippen LogP contribution in [0, 0.1) is 6.92 Å². The monoisotopic (exact) mass is 484 g/mol. The number of aromatic amines is 1. The fourth-order valence-corrected chi connectivity index (χ4v) is 5.18. The minimum atomic E-state index is -1.07. The van der Waals surface area contributed by atoms with E-state index < -0.39 is 5.60 Å². The Kier molecular flexibility index (Phi) is 6.35. The van der Waals surface area contributed by atoms with Gasteiger partial charge in [0, 0.05) is 31.6 Å². The molecule has 1 saturated carbocycles. The minimum Gasteiger partial charge on any atom is -0.370 e. The predicted octanol–water partition coefficient (Wildman–Crippen LogP) is 4.81. The number of hydrogen-bond donors (Lipinski definition) is 1. The highest BCUT2D eigenvalue weighted by molar-refractivity contribution is 5.87. The maximum absolute atomic E-state index is 13.5. The summed E-state index contributed by atoms with van der Waals surface area (Å²) >= 11 is 0. The number of methoxy groups -OCH3 is 1. The Hall–Kier alpha value is -3.58. The van der Waals surface area contributed by atoms with E-state index in [0.717, 1.165) is 24.8 Å². The van der Waals surface area contributed by atoms with Gasteiger partial charge < -0.3 is 4.74 Å². The lowest BCUT2D eigenvalue weighted by Crippen LogP contribution is -2.42. The van der Waals surface area contributed by atoms with Crippen molar-refractivity contribution in [2.75, 3.05) is 7.11 Å². The number of H-pyrrole nitrogens is 1. The van der Waals surface area contributed by atoms with E-state index in [2.05, 4.69) is 46.3 Å². The SMILES string of the molecule is COC(C)(Cc1cc(=O)n2[nH]c(-c3ccccc3)nc2n1)C(=O)CCC1(c2ccc(C)cc2)CCC1. The number of rotatable bonds is 9. The second-order valence-electron chi connectivity index (χ2n) is 10.2. The van der Waals surface area contributed by atoms with E-state index in [9.17, 15) is 9.59 Å². The fourth-order valence-electron chi connectivity index (χ4n) is 5.18. The largest absolute Gasteiger partial charge is 0.370 e. The molecular weight excluding hydrogens is 452 g/mol. The first-order chi connectivity index (χ1) is 17.3. The second-order valence-corrected chi connectivity index (χ2v) is 10.2.